The first kappa shape index (κ1) is 16.8. The molecule has 1 aromatic carbocycles. The van der Waals surface area contributed by atoms with Crippen molar-refractivity contribution in [2.75, 3.05) is 19.5 Å². The maximum atomic E-state index is 12.4. The maximum absolute atomic E-state index is 12.4. The Kier molecular flexibility index (Phi) is 4.31. The molecule has 0 heterocycles. The summed E-state index contributed by atoms with van der Waals surface area (Å²) in [4.78, 5) is 35.2. The third-order valence-corrected chi connectivity index (χ3v) is 4.25. The number of methoxy groups -OCH3 is 2. The van der Waals surface area contributed by atoms with Crippen LogP contribution >= 0.6 is 0 Å². The fourth-order valence-electron chi connectivity index (χ4n) is 2.85. The zero-order valence-electron chi connectivity index (χ0n) is 13.4. The number of rotatable bonds is 5. The van der Waals surface area contributed by atoms with Crippen molar-refractivity contribution >= 4 is 23.5 Å². The van der Waals surface area contributed by atoms with Crippen molar-refractivity contribution < 1.29 is 29.0 Å². The Hall–Kier alpha value is -2.57. The van der Waals surface area contributed by atoms with E-state index < -0.39 is 35.1 Å². The second-order valence-electron chi connectivity index (χ2n) is 6.01. The zero-order valence-corrected chi connectivity index (χ0v) is 13.4. The van der Waals surface area contributed by atoms with Gasteiger partial charge in [0, 0.05) is 0 Å². The molecule has 1 saturated carbocycles. The average molecular weight is 321 g/mol. The van der Waals surface area contributed by atoms with Gasteiger partial charge in [0.2, 0.25) is 5.91 Å². The van der Waals surface area contributed by atoms with E-state index in [4.69, 9.17) is 9.84 Å². The lowest BCUT2D eigenvalue weighted by molar-refractivity contribution is -0.140. The number of carboxylic acids is 1. The molecule has 23 heavy (non-hydrogen) atoms. The van der Waals surface area contributed by atoms with Gasteiger partial charge in [0.25, 0.3) is 0 Å². The van der Waals surface area contributed by atoms with Gasteiger partial charge in [0.1, 0.15) is 5.75 Å². The predicted octanol–water partition coefficient (Wildman–Crippen LogP) is 1.78. The molecular formula is C16H19NO6. The molecule has 2 N–H and O–H groups in total. The van der Waals surface area contributed by atoms with E-state index in [2.05, 4.69) is 10.1 Å². The van der Waals surface area contributed by atoms with E-state index in [1.165, 1.54) is 32.4 Å². The monoisotopic (exact) mass is 321 g/mol. The van der Waals surface area contributed by atoms with Crippen LogP contribution < -0.4 is 10.1 Å². The lowest BCUT2D eigenvalue weighted by Crippen LogP contribution is -2.18. The van der Waals surface area contributed by atoms with E-state index in [1.54, 1.807) is 13.8 Å². The van der Waals surface area contributed by atoms with Gasteiger partial charge in [-0.25, -0.2) is 4.79 Å². The molecule has 7 nitrogen and oxygen atoms in total. The molecule has 124 valence electrons. The molecule has 0 aliphatic heterocycles. The molecule has 1 aliphatic rings. The number of aliphatic carboxylic acids is 1. The SMILES string of the molecule is COC(=O)c1ccc(OC)c(NC(=O)[C@@H]2[C@H](C(=O)O)C2(C)C)c1. The van der Waals surface area contributed by atoms with Crippen molar-refractivity contribution in [3.05, 3.63) is 23.8 Å². The quantitative estimate of drug-likeness (QED) is 0.802. The van der Waals surface area contributed by atoms with Gasteiger partial charge in [-0.1, -0.05) is 13.8 Å². The molecule has 0 aromatic heterocycles. The number of benzene rings is 1. The standard InChI is InChI=1S/C16H19NO6/c1-16(2)11(12(16)14(19)20)13(18)17-9-7-8(15(21)23-4)5-6-10(9)22-3/h5-7,11-12H,1-4H3,(H,17,18)(H,19,20)/t11-,12+/m0/s1. The van der Waals surface area contributed by atoms with Crippen LogP contribution in [0.15, 0.2) is 18.2 Å². The maximum Gasteiger partial charge on any atom is 0.337 e. The number of anilines is 1. The summed E-state index contributed by atoms with van der Waals surface area (Å²) >= 11 is 0. The lowest BCUT2D eigenvalue weighted by atomic mass is 10.1. The molecule has 0 unspecified atom stereocenters. The van der Waals surface area contributed by atoms with E-state index in [0.29, 0.717) is 11.4 Å². The molecule has 1 fully saturated rings. The number of carboxylic acid groups (broad SMARTS) is 1. The Bertz CT molecular complexity index is 667. The molecule has 1 aromatic rings. The largest absolute Gasteiger partial charge is 0.495 e. The molecule has 0 spiro atoms. The van der Waals surface area contributed by atoms with E-state index in [9.17, 15) is 14.4 Å². The van der Waals surface area contributed by atoms with Gasteiger partial charge in [0.05, 0.1) is 37.3 Å². The van der Waals surface area contributed by atoms with Crippen LogP contribution in [0.3, 0.4) is 0 Å². The molecular weight excluding hydrogens is 302 g/mol. The Balaban J connectivity index is 2.24. The number of nitrogens with one attached hydrogen (secondary N) is 1. The fourth-order valence-corrected chi connectivity index (χ4v) is 2.85. The summed E-state index contributed by atoms with van der Waals surface area (Å²) in [5.74, 6) is -2.94. The van der Waals surface area contributed by atoms with Gasteiger partial charge < -0.3 is 19.9 Å². The first-order chi connectivity index (χ1) is 10.7. The number of hydrogen-bond acceptors (Lipinski definition) is 5. The Morgan fingerprint density at radius 2 is 1.83 bits per heavy atom. The average Bonchev–Trinajstić information content (AvgIpc) is 3.09. The highest BCUT2D eigenvalue weighted by atomic mass is 16.5. The first-order valence-electron chi connectivity index (χ1n) is 7.04. The highest BCUT2D eigenvalue weighted by Crippen LogP contribution is 2.58. The molecule has 0 bridgehead atoms. The summed E-state index contributed by atoms with van der Waals surface area (Å²) in [5, 5.41) is 11.8. The summed E-state index contributed by atoms with van der Waals surface area (Å²) in [6, 6.07) is 4.49. The van der Waals surface area contributed by atoms with Crippen LogP contribution in [0.5, 0.6) is 5.75 Å². The third-order valence-electron chi connectivity index (χ3n) is 4.25. The summed E-state index contributed by atoms with van der Waals surface area (Å²) in [7, 11) is 2.69. The lowest BCUT2D eigenvalue weighted by Gasteiger charge is -2.12. The fraction of sp³-hybridized carbons (Fsp3) is 0.438. The minimum Gasteiger partial charge on any atom is -0.495 e. The second-order valence-corrected chi connectivity index (χ2v) is 6.01. The van der Waals surface area contributed by atoms with Crippen LogP contribution in [0.25, 0.3) is 0 Å². The number of amides is 1. The Morgan fingerprint density at radius 3 is 2.30 bits per heavy atom. The van der Waals surface area contributed by atoms with Crippen molar-refractivity contribution in [2.45, 2.75) is 13.8 Å². The normalized spacial score (nSPS) is 21.2. The second kappa shape index (κ2) is 5.91. The molecule has 2 rings (SSSR count). The minimum atomic E-state index is -0.995. The summed E-state index contributed by atoms with van der Waals surface area (Å²) < 4.78 is 9.80. The van der Waals surface area contributed by atoms with Crippen LogP contribution in [0, 0.1) is 17.3 Å². The minimum absolute atomic E-state index is 0.258. The van der Waals surface area contributed by atoms with Crippen LogP contribution in [0.4, 0.5) is 5.69 Å². The van der Waals surface area contributed by atoms with Crippen molar-refractivity contribution in [2.24, 2.45) is 17.3 Å². The van der Waals surface area contributed by atoms with Gasteiger partial charge in [0.15, 0.2) is 0 Å². The van der Waals surface area contributed by atoms with E-state index >= 15 is 0 Å². The van der Waals surface area contributed by atoms with Gasteiger partial charge in [-0.05, 0) is 23.6 Å². The molecule has 1 aliphatic carbocycles. The number of ether oxygens (including phenoxy) is 2. The molecule has 7 heteroatoms. The first-order valence-corrected chi connectivity index (χ1v) is 7.04. The van der Waals surface area contributed by atoms with E-state index in [-0.39, 0.29) is 5.56 Å². The van der Waals surface area contributed by atoms with Gasteiger partial charge >= 0.3 is 11.9 Å². The predicted molar refractivity (Wildman–Crippen MR) is 81.4 cm³/mol. The highest BCUT2D eigenvalue weighted by molar-refractivity contribution is 6.01. The van der Waals surface area contributed by atoms with Crippen molar-refractivity contribution in [3.8, 4) is 5.75 Å². The summed E-state index contributed by atoms with van der Waals surface area (Å²) in [6.07, 6.45) is 0. The summed E-state index contributed by atoms with van der Waals surface area (Å²) in [5.41, 5.74) is -0.0518. The van der Waals surface area contributed by atoms with Crippen molar-refractivity contribution in [1.29, 1.82) is 0 Å². The number of carbonyl (C=O) groups excluding carboxylic acids is 2. The summed E-state index contributed by atoms with van der Waals surface area (Å²) in [6.45, 7) is 3.47. The Labute approximate surface area is 133 Å². The highest BCUT2D eigenvalue weighted by Gasteiger charge is 2.65. The van der Waals surface area contributed by atoms with Gasteiger partial charge in [-0.15, -0.1) is 0 Å². The molecule has 1 amide bonds. The topological polar surface area (TPSA) is 102 Å². The van der Waals surface area contributed by atoms with E-state index in [0.717, 1.165) is 0 Å². The van der Waals surface area contributed by atoms with E-state index in [1.807, 2.05) is 0 Å². The van der Waals surface area contributed by atoms with Crippen LogP contribution in [0.1, 0.15) is 24.2 Å². The number of carbonyl (C=O) groups is 3. The number of esters is 1. The molecule has 0 radical (unpaired) electrons. The molecule has 2 atom stereocenters. The van der Waals surface area contributed by atoms with Crippen LogP contribution in [-0.4, -0.2) is 37.2 Å². The zero-order chi connectivity index (χ0) is 17.4. The number of hydrogen-bond donors (Lipinski definition) is 2. The third kappa shape index (κ3) is 2.99. The van der Waals surface area contributed by atoms with Crippen molar-refractivity contribution in [3.63, 3.8) is 0 Å². The van der Waals surface area contributed by atoms with Gasteiger partial charge in [-0.2, -0.15) is 0 Å². The van der Waals surface area contributed by atoms with Crippen molar-refractivity contribution in [1.82, 2.24) is 0 Å². The smallest absolute Gasteiger partial charge is 0.337 e. The van der Waals surface area contributed by atoms with Crippen LogP contribution in [0.2, 0.25) is 0 Å². The Morgan fingerprint density at radius 1 is 1.17 bits per heavy atom. The van der Waals surface area contributed by atoms with Crippen LogP contribution in [-0.2, 0) is 14.3 Å². The van der Waals surface area contributed by atoms with Gasteiger partial charge in [-0.3, -0.25) is 9.59 Å². The molecule has 0 saturated heterocycles.